The zero-order chi connectivity index (χ0) is 27.2. The number of aliphatic hydroxyl groups is 1. The number of carbonyl (C=O) groups is 2. The molecule has 1 N–H and O–H groups in total. The first-order chi connectivity index (χ1) is 18.3. The first kappa shape index (κ1) is 26.9. The molecule has 0 saturated carbocycles. The predicted octanol–water partition coefficient (Wildman–Crippen LogP) is 4.96. The first-order valence-electron chi connectivity index (χ1n) is 12.6. The minimum Gasteiger partial charge on any atom is -0.507 e. The number of hydrogen-bond donors (Lipinski definition) is 1. The van der Waals surface area contributed by atoms with Crippen LogP contribution in [0, 0.1) is 6.92 Å². The van der Waals surface area contributed by atoms with E-state index < -0.39 is 17.7 Å². The number of rotatable bonds is 10. The monoisotopic (exact) mass is 514 g/mol. The van der Waals surface area contributed by atoms with Gasteiger partial charge < -0.3 is 24.4 Å². The van der Waals surface area contributed by atoms with Gasteiger partial charge in [0, 0.05) is 12.1 Å². The molecule has 1 atom stereocenters. The number of carbonyl (C=O) groups excluding carboxylic acids is 2. The summed E-state index contributed by atoms with van der Waals surface area (Å²) < 4.78 is 11.2. The van der Waals surface area contributed by atoms with Gasteiger partial charge >= 0.3 is 0 Å². The van der Waals surface area contributed by atoms with E-state index in [0.717, 1.165) is 23.2 Å². The van der Waals surface area contributed by atoms with E-state index in [-0.39, 0.29) is 11.3 Å². The van der Waals surface area contributed by atoms with Gasteiger partial charge in [0.05, 0.1) is 18.7 Å². The lowest BCUT2D eigenvalue weighted by atomic mass is 9.95. The van der Waals surface area contributed by atoms with E-state index in [2.05, 4.69) is 0 Å². The molecule has 0 spiro atoms. The summed E-state index contributed by atoms with van der Waals surface area (Å²) in [4.78, 5) is 29.9. The van der Waals surface area contributed by atoms with Gasteiger partial charge in [-0.15, -0.1) is 0 Å². The fourth-order valence-electron chi connectivity index (χ4n) is 4.60. The van der Waals surface area contributed by atoms with Gasteiger partial charge in [0.25, 0.3) is 11.7 Å². The molecule has 1 saturated heterocycles. The molecule has 38 heavy (non-hydrogen) atoms. The van der Waals surface area contributed by atoms with Crippen LogP contribution in [-0.4, -0.2) is 60.9 Å². The van der Waals surface area contributed by atoms with Crippen molar-refractivity contribution in [2.24, 2.45) is 0 Å². The van der Waals surface area contributed by atoms with Crippen LogP contribution in [0.1, 0.15) is 34.7 Å². The largest absolute Gasteiger partial charge is 0.507 e. The van der Waals surface area contributed by atoms with Gasteiger partial charge in [-0.25, -0.2) is 0 Å². The maximum Gasteiger partial charge on any atom is 0.295 e. The van der Waals surface area contributed by atoms with Gasteiger partial charge in [0.15, 0.2) is 0 Å². The van der Waals surface area contributed by atoms with Gasteiger partial charge in [-0.2, -0.15) is 0 Å². The van der Waals surface area contributed by atoms with Crippen LogP contribution in [0.4, 0.5) is 0 Å². The van der Waals surface area contributed by atoms with Gasteiger partial charge in [-0.05, 0) is 87.1 Å². The minimum absolute atomic E-state index is 0.0820. The summed E-state index contributed by atoms with van der Waals surface area (Å²) in [6.07, 6.45) is 0.694. The number of benzene rings is 3. The molecule has 1 aliphatic rings. The Balaban J connectivity index is 1.63. The van der Waals surface area contributed by atoms with E-state index in [1.54, 1.807) is 48.4 Å². The highest BCUT2D eigenvalue weighted by molar-refractivity contribution is 6.46. The maximum atomic E-state index is 13.2. The van der Waals surface area contributed by atoms with E-state index >= 15 is 0 Å². The number of ketones is 1. The van der Waals surface area contributed by atoms with Crippen LogP contribution >= 0.6 is 0 Å². The Kier molecular flexibility index (Phi) is 8.48. The molecule has 3 aromatic carbocycles. The van der Waals surface area contributed by atoms with Crippen LogP contribution in [0.5, 0.6) is 11.5 Å². The van der Waals surface area contributed by atoms with Crippen molar-refractivity contribution in [2.75, 3.05) is 34.3 Å². The van der Waals surface area contributed by atoms with Crippen molar-refractivity contribution in [3.05, 3.63) is 101 Å². The first-order valence-corrected chi connectivity index (χ1v) is 12.6. The third-order valence-corrected chi connectivity index (χ3v) is 6.76. The number of aryl methyl sites for hydroxylation is 1. The molecule has 1 unspecified atom stereocenters. The Morgan fingerprint density at radius 3 is 2.24 bits per heavy atom. The average molecular weight is 515 g/mol. The Morgan fingerprint density at radius 2 is 1.61 bits per heavy atom. The van der Waals surface area contributed by atoms with Crippen molar-refractivity contribution < 1.29 is 24.2 Å². The molecule has 0 aliphatic carbocycles. The van der Waals surface area contributed by atoms with E-state index in [4.69, 9.17) is 9.47 Å². The minimum atomic E-state index is -0.694. The fourth-order valence-corrected chi connectivity index (χ4v) is 4.60. The van der Waals surface area contributed by atoms with Gasteiger partial charge in [-0.3, -0.25) is 9.59 Å². The highest BCUT2D eigenvalue weighted by Crippen LogP contribution is 2.40. The van der Waals surface area contributed by atoms with Crippen molar-refractivity contribution in [1.29, 1.82) is 0 Å². The van der Waals surface area contributed by atoms with E-state index in [0.29, 0.717) is 36.6 Å². The lowest BCUT2D eigenvalue weighted by Crippen LogP contribution is -2.32. The maximum absolute atomic E-state index is 13.2. The number of Topliss-reactive ketones (excluding diaryl/α,β-unsaturated/α-hetero) is 1. The average Bonchev–Trinajstić information content (AvgIpc) is 3.17. The lowest BCUT2D eigenvalue weighted by Gasteiger charge is -2.26. The molecule has 198 valence electrons. The molecule has 3 aromatic rings. The van der Waals surface area contributed by atoms with Gasteiger partial charge in [-0.1, -0.05) is 36.4 Å². The molecular formula is C31H34N2O5. The highest BCUT2D eigenvalue weighted by Gasteiger charge is 2.45. The van der Waals surface area contributed by atoms with E-state index in [1.807, 2.05) is 62.3 Å². The van der Waals surface area contributed by atoms with Crippen LogP contribution in [-0.2, 0) is 16.2 Å². The molecule has 1 fully saturated rings. The second kappa shape index (κ2) is 12.0. The quantitative estimate of drug-likeness (QED) is 0.234. The molecule has 1 heterocycles. The van der Waals surface area contributed by atoms with Crippen LogP contribution in [0.25, 0.3) is 5.76 Å². The van der Waals surface area contributed by atoms with Gasteiger partial charge in [0.2, 0.25) is 0 Å². The summed E-state index contributed by atoms with van der Waals surface area (Å²) in [7, 11) is 5.50. The summed E-state index contributed by atoms with van der Waals surface area (Å²) >= 11 is 0. The van der Waals surface area contributed by atoms with Crippen molar-refractivity contribution in [3.8, 4) is 11.5 Å². The lowest BCUT2D eigenvalue weighted by molar-refractivity contribution is -0.139. The standard InChI is InChI=1S/C31H34N2O5/c1-21-8-5-6-9-24(21)20-38-26-16-12-23(13-17-26)29(34)27-28(22-10-14-25(37-4)15-11-22)33(31(36)30(27)35)19-7-18-32(2)3/h5-6,8-17,28,34H,7,18-20H2,1-4H3/b29-27+. The van der Waals surface area contributed by atoms with Crippen LogP contribution in [0.15, 0.2) is 78.4 Å². The number of ether oxygens (including phenoxy) is 2. The third kappa shape index (κ3) is 5.89. The Hall–Kier alpha value is -4.10. The number of amides is 1. The Morgan fingerprint density at radius 1 is 0.947 bits per heavy atom. The molecule has 7 nitrogen and oxygen atoms in total. The van der Waals surface area contributed by atoms with E-state index in [9.17, 15) is 14.7 Å². The number of aliphatic hydroxyl groups excluding tert-OH is 1. The molecule has 1 aliphatic heterocycles. The SMILES string of the molecule is COc1ccc(C2/C(=C(\O)c3ccc(OCc4ccccc4C)cc3)C(=O)C(=O)N2CCCN(C)C)cc1. The molecule has 0 bridgehead atoms. The highest BCUT2D eigenvalue weighted by atomic mass is 16.5. The topological polar surface area (TPSA) is 79.3 Å². The van der Waals surface area contributed by atoms with Crippen molar-refractivity contribution in [3.63, 3.8) is 0 Å². The zero-order valence-electron chi connectivity index (χ0n) is 22.3. The summed E-state index contributed by atoms with van der Waals surface area (Å²) in [5, 5.41) is 11.3. The fraction of sp³-hybridized carbons (Fsp3) is 0.290. The van der Waals surface area contributed by atoms with E-state index in [1.165, 1.54) is 0 Å². The van der Waals surface area contributed by atoms with Crippen molar-refractivity contribution in [2.45, 2.75) is 26.0 Å². The summed E-state index contributed by atoms with van der Waals surface area (Å²) in [6, 6.07) is 21.5. The van der Waals surface area contributed by atoms with Gasteiger partial charge in [0.1, 0.15) is 23.9 Å². The number of nitrogens with zero attached hydrogens (tertiary/aromatic N) is 2. The molecule has 4 rings (SSSR count). The van der Waals surface area contributed by atoms with Crippen LogP contribution in [0.2, 0.25) is 0 Å². The van der Waals surface area contributed by atoms with Crippen LogP contribution in [0.3, 0.4) is 0 Å². The summed E-state index contributed by atoms with van der Waals surface area (Å²) in [6.45, 7) is 3.62. The van der Waals surface area contributed by atoms with Crippen molar-refractivity contribution in [1.82, 2.24) is 9.80 Å². The second-order valence-corrected chi connectivity index (χ2v) is 9.66. The normalized spacial score (nSPS) is 16.8. The molecule has 1 amide bonds. The smallest absolute Gasteiger partial charge is 0.295 e. The predicted molar refractivity (Wildman–Crippen MR) is 147 cm³/mol. The summed E-state index contributed by atoms with van der Waals surface area (Å²) in [5.74, 6) is -0.192. The van der Waals surface area contributed by atoms with Crippen LogP contribution < -0.4 is 9.47 Å². The molecule has 0 radical (unpaired) electrons. The third-order valence-electron chi connectivity index (χ3n) is 6.76. The summed E-state index contributed by atoms with van der Waals surface area (Å²) in [5.41, 5.74) is 3.50. The molecular weight excluding hydrogens is 480 g/mol. The Bertz CT molecular complexity index is 1310. The van der Waals surface area contributed by atoms with Crippen molar-refractivity contribution >= 4 is 17.4 Å². The number of likely N-dealkylation sites (tertiary alicyclic amines) is 1. The second-order valence-electron chi connectivity index (χ2n) is 9.66. The molecule has 0 aromatic heterocycles. The zero-order valence-corrected chi connectivity index (χ0v) is 22.3. The number of methoxy groups -OCH3 is 1. The number of hydrogen-bond acceptors (Lipinski definition) is 6. The molecule has 7 heteroatoms. The Labute approximate surface area is 223 Å².